The number of nitrogens with two attached hydrogens (primary N) is 2. The molecular formula is C13H21N5O2. The van der Waals surface area contributed by atoms with Crippen molar-refractivity contribution in [1.82, 2.24) is 10.3 Å². The molecule has 0 aliphatic heterocycles. The van der Waals surface area contributed by atoms with E-state index in [1.807, 2.05) is 20.8 Å². The van der Waals surface area contributed by atoms with Crippen LogP contribution in [0.5, 0.6) is 0 Å². The number of aryl methyl sites for hydroxylation is 1. The van der Waals surface area contributed by atoms with E-state index in [9.17, 15) is 9.59 Å². The fourth-order valence-electron chi connectivity index (χ4n) is 1.76. The minimum atomic E-state index is -0.713. The Labute approximate surface area is 118 Å². The van der Waals surface area contributed by atoms with E-state index >= 15 is 0 Å². The van der Waals surface area contributed by atoms with Crippen LogP contribution >= 0.6 is 0 Å². The van der Waals surface area contributed by atoms with Gasteiger partial charge in [0.05, 0.1) is 0 Å². The molecule has 6 N–H and O–H groups in total. The van der Waals surface area contributed by atoms with E-state index in [2.05, 4.69) is 15.7 Å². The van der Waals surface area contributed by atoms with Crippen molar-refractivity contribution in [2.45, 2.75) is 33.2 Å². The number of pyridine rings is 1. The van der Waals surface area contributed by atoms with Crippen LogP contribution in [0, 0.1) is 5.92 Å². The van der Waals surface area contributed by atoms with Crippen molar-refractivity contribution in [1.29, 1.82) is 0 Å². The molecule has 1 aromatic heterocycles. The van der Waals surface area contributed by atoms with Crippen molar-refractivity contribution in [2.75, 3.05) is 5.43 Å². The van der Waals surface area contributed by atoms with Crippen LogP contribution in [0.1, 0.15) is 36.8 Å². The number of nitrogens with zero attached hydrogens (tertiary/aromatic N) is 1. The Kier molecular flexibility index (Phi) is 5.45. The van der Waals surface area contributed by atoms with E-state index in [0.717, 1.165) is 5.69 Å². The third-order valence-corrected chi connectivity index (χ3v) is 2.91. The standard InChI is InChI=1S/C13H21N5O2/c1-4-9-5-8(6-10(16-9)18-15)13(20)17-11(7(2)3)12(14)19/h5-7,11H,4,15H2,1-3H3,(H2,14,19)(H,16,18)(H,17,20). The van der Waals surface area contributed by atoms with E-state index in [0.29, 0.717) is 17.8 Å². The zero-order valence-corrected chi connectivity index (χ0v) is 11.9. The number of hydrogen-bond donors (Lipinski definition) is 4. The molecule has 7 heteroatoms. The van der Waals surface area contributed by atoms with Gasteiger partial charge in [0.15, 0.2) is 0 Å². The van der Waals surface area contributed by atoms with Crippen LogP contribution in [0.2, 0.25) is 0 Å². The van der Waals surface area contributed by atoms with Gasteiger partial charge in [0.1, 0.15) is 11.9 Å². The number of anilines is 1. The molecule has 1 aromatic rings. The van der Waals surface area contributed by atoms with Gasteiger partial charge in [0.2, 0.25) is 5.91 Å². The second kappa shape index (κ2) is 6.85. The molecule has 0 spiro atoms. The quantitative estimate of drug-likeness (QED) is 0.436. The number of nitrogen functional groups attached to an aromatic ring is 1. The van der Waals surface area contributed by atoms with E-state index in [4.69, 9.17) is 11.6 Å². The number of aromatic nitrogens is 1. The van der Waals surface area contributed by atoms with Gasteiger partial charge in [-0.1, -0.05) is 20.8 Å². The van der Waals surface area contributed by atoms with Gasteiger partial charge < -0.3 is 16.5 Å². The Bertz CT molecular complexity index is 479. The average Bonchev–Trinajstić information content (AvgIpc) is 2.42. The van der Waals surface area contributed by atoms with Crippen LogP contribution < -0.4 is 22.3 Å². The minimum Gasteiger partial charge on any atom is -0.368 e. The summed E-state index contributed by atoms with van der Waals surface area (Å²) in [6.45, 7) is 5.55. The predicted molar refractivity (Wildman–Crippen MR) is 76.7 cm³/mol. The third kappa shape index (κ3) is 3.92. The van der Waals surface area contributed by atoms with Gasteiger partial charge in [-0.2, -0.15) is 0 Å². The number of nitrogens with one attached hydrogen (secondary N) is 2. The molecule has 0 aliphatic rings. The summed E-state index contributed by atoms with van der Waals surface area (Å²) in [6, 6.07) is 2.47. The van der Waals surface area contributed by atoms with Crippen LogP contribution in [-0.2, 0) is 11.2 Å². The molecule has 0 aliphatic carbocycles. The van der Waals surface area contributed by atoms with E-state index in [-0.39, 0.29) is 11.8 Å². The highest BCUT2D eigenvalue weighted by atomic mass is 16.2. The molecule has 7 nitrogen and oxygen atoms in total. The van der Waals surface area contributed by atoms with Crippen molar-refractivity contribution in [3.05, 3.63) is 23.4 Å². The van der Waals surface area contributed by atoms with Crippen LogP contribution in [0.25, 0.3) is 0 Å². The third-order valence-electron chi connectivity index (χ3n) is 2.91. The fraction of sp³-hybridized carbons (Fsp3) is 0.462. The minimum absolute atomic E-state index is 0.0870. The van der Waals surface area contributed by atoms with Crippen molar-refractivity contribution < 1.29 is 9.59 Å². The molecular weight excluding hydrogens is 258 g/mol. The van der Waals surface area contributed by atoms with E-state index in [1.54, 1.807) is 6.07 Å². The molecule has 1 atom stereocenters. The number of hydrazine groups is 1. The predicted octanol–water partition coefficient (Wildman–Crippen LogP) is 0.169. The first-order valence-corrected chi connectivity index (χ1v) is 6.46. The van der Waals surface area contributed by atoms with Crippen molar-refractivity contribution >= 4 is 17.6 Å². The molecule has 0 radical (unpaired) electrons. The van der Waals surface area contributed by atoms with Gasteiger partial charge in [0.25, 0.3) is 5.91 Å². The second-order valence-corrected chi connectivity index (χ2v) is 4.83. The summed E-state index contributed by atoms with van der Waals surface area (Å²) < 4.78 is 0. The number of carbonyl (C=O) groups excluding carboxylic acids is 2. The fourth-order valence-corrected chi connectivity index (χ4v) is 1.76. The number of rotatable bonds is 6. The van der Waals surface area contributed by atoms with E-state index < -0.39 is 11.9 Å². The van der Waals surface area contributed by atoms with Crippen LogP contribution in [-0.4, -0.2) is 22.8 Å². The largest absolute Gasteiger partial charge is 0.368 e. The zero-order chi connectivity index (χ0) is 15.3. The molecule has 0 saturated heterocycles. The lowest BCUT2D eigenvalue weighted by Gasteiger charge is -2.19. The first-order valence-electron chi connectivity index (χ1n) is 6.46. The summed E-state index contributed by atoms with van der Waals surface area (Å²) >= 11 is 0. The number of amides is 2. The smallest absolute Gasteiger partial charge is 0.252 e. The molecule has 0 bridgehead atoms. The molecule has 0 fully saturated rings. The van der Waals surface area contributed by atoms with Gasteiger partial charge in [-0.3, -0.25) is 9.59 Å². The van der Waals surface area contributed by atoms with Crippen LogP contribution in [0.15, 0.2) is 12.1 Å². The SMILES string of the molecule is CCc1cc(C(=O)NC(C(N)=O)C(C)C)cc(NN)n1. The van der Waals surface area contributed by atoms with E-state index in [1.165, 1.54) is 6.07 Å². The molecule has 20 heavy (non-hydrogen) atoms. The summed E-state index contributed by atoms with van der Waals surface area (Å²) in [5.74, 6) is 4.69. The Hall–Kier alpha value is -2.15. The maximum Gasteiger partial charge on any atom is 0.252 e. The van der Waals surface area contributed by atoms with Gasteiger partial charge >= 0.3 is 0 Å². The molecule has 110 valence electrons. The highest BCUT2D eigenvalue weighted by Crippen LogP contribution is 2.11. The molecule has 2 amide bonds. The van der Waals surface area contributed by atoms with Crippen LogP contribution in [0.4, 0.5) is 5.82 Å². The Morgan fingerprint density at radius 3 is 2.45 bits per heavy atom. The first kappa shape index (κ1) is 15.9. The zero-order valence-electron chi connectivity index (χ0n) is 11.9. The maximum atomic E-state index is 12.2. The summed E-state index contributed by atoms with van der Waals surface area (Å²) in [6.07, 6.45) is 0.666. The molecule has 0 aromatic carbocycles. The molecule has 1 unspecified atom stereocenters. The monoisotopic (exact) mass is 279 g/mol. The summed E-state index contributed by atoms with van der Waals surface area (Å²) in [5.41, 5.74) is 8.80. The summed E-state index contributed by atoms with van der Waals surface area (Å²) in [5, 5.41) is 2.62. The Morgan fingerprint density at radius 2 is 2.00 bits per heavy atom. The van der Waals surface area contributed by atoms with Gasteiger partial charge in [-0.25, -0.2) is 10.8 Å². The Morgan fingerprint density at radius 1 is 1.35 bits per heavy atom. The highest BCUT2D eigenvalue weighted by Gasteiger charge is 2.22. The highest BCUT2D eigenvalue weighted by molar-refractivity contribution is 5.98. The summed E-state index contributed by atoms with van der Waals surface area (Å²) in [7, 11) is 0. The van der Waals surface area contributed by atoms with Crippen LogP contribution in [0.3, 0.4) is 0 Å². The molecule has 1 rings (SSSR count). The van der Waals surface area contributed by atoms with Gasteiger partial charge in [-0.05, 0) is 24.5 Å². The van der Waals surface area contributed by atoms with Crippen molar-refractivity contribution in [2.24, 2.45) is 17.5 Å². The lowest BCUT2D eigenvalue weighted by atomic mass is 10.0. The topological polar surface area (TPSA) is 123 Å². The summed E-state index contributed by atoms with van der Waals surface area (Å²) in [4.78, 5) is 27.7. The lowest BCUT2D eigenvalue weighted by molar-refractivity contribution is -0.120. The second-order valence-electron chi connectivity index (χ2n) is 4.83. The normalized spacial score (nSPS) is 12.1. The van der Waals surface area contributed by atoms with Crippen molar-refractivity contribution in [3.8, 4) is 0 Å². The van der Waals surface area contributed by atoms with Gasteiger partial charge in [0, 0.05) is 11.3 Å². The van der Waals surface area contributed by atoms with Crippen molar-refractivity contribution in [3.63, 3.8) is 0 Å². The molecule has 0 saturated carbocycles. The van der Waals surface area contributed by atoms with Gasteiger partial charge in [-0.15, -0.1) is 0 Å². The molecule has 1 heterocycles. The average molecular weight is 279 g/mol. The lowest BCUT2D eigenvalue weighted by Crippen LogP contribution is -2.47. The number of primary amides is 1. The first-order chi connectivity index (χ1) is 9.38. The number of hydrogen-bond acceptors (Lipinski definition) is 5. The number of carbonyl (C=O) groups is 2. The maximum absolute atomic E-state index is 12.2. The Balaban J connectivity index is 2.99.